The molecule has 1 saturated heterocycles. The second-order valence-corrected chi connectivity index (χ2v) is 5.99. The number of nitrogens with zero attached hydrogens (tertiary/aromatic N) is 3. The van der Waals surface area contributed by atoms with Crippen LogP contribution in [-0.4, -0.2) is 30.5 Å². The second-order valence-electron chi connectivity index (χ2n) is 5.99. The minimum atomic E-state index is -0.0190. The molecule has 5 nitrogen and oxygen atoms in total. The van der Waals surface area contributed by atoms with Gasteiger partial charge in [-0.25, -0.2) is 4.98 Å². The van der Waals surface area contributed by atoms with E-state index in [-0.39, 0.29) is 5.91 Å². The highest BCUT2D eigenvalue weighted by Gasteiger charge is 2.22. The van der Waals surface area contributed by atoms with Gasteiger partial charge < -0.3 is 10.2 Å². The number of hydrogen-bond acceptors (Lipinski definition) is 4. The van der Waals surface area contributed by atoms with Gasteiger partial charge in [0.05, 0.1) is 5.56 Å². The fraction of sp³-hybridized carbons (Fsp3) is 0.316. The monoisotopic (exact) mass is 320 g/mol. The molecule has 0 aliphatic carbocycles. The number of carbonyl (C=O) groups is 1. The molecule has 2 aromatic rings. The zero-order chi connectivity index (χ0) is 16.8. The first-order chi connectivity index (χ1) is 11.8. The van der Waals surface area contributed by atoms with Crippen LogP contribution in [0.4, 0.5) is 5.82 Å². The molecule has 1 aliphatic heterocycles. The second kappa shape index (κ2) is 7.60. The topological polar surface area (TPSA) is 69.0 Å². The van der Waals surface area contributed by atoms with Gasteiger partial charge in [-0.3, -0.25) is 4.79 Å². The van der Waals surface area contributed by atoms with E-state index in [4.69, 9.17) is 0 Å². The molecule has 1 amide bonds. The highest BCUT2D eigenvalue weighted by Crippen LogP contribution is 2.23. The number of benzene rings is 1. The number of piperidine rings is 1. The molecule has 1 aromatic carbocycles. The first kappa shape index (κ1) is 16.0. The first-order valence-electron chi connectivity index (χ1n) is 8.21. The number of carbonyl (C=O) groups excluding carboxylic acids is 1. The first-order valence-corrected chi connectivity index (χ1v) is 8.21. The van der Waals surface area contributed by atoms with Gasteiger partial charge in [0.2, 0.25) is 0 Å². The lowest BCUT2D eigenvalue weighted by Gasteiger charge is -2.33. The van der Waals surface area contributed by atoms with Gasteiger partial charge in [-0.15, -0.1) is 0 Å². The summed E-state index contributed by atoms with van der Waals surface area (Å²) >= 11 is 0. The van der Waals surface area contributed by atoms with Gasteiger partial charge in [0.1, 0.15) is 11.9 Å². The van der Waals surface area contributed by atoms with Gasteiger partial charge >= 0.3 is 0 Å². The van der Waals surface area contributed by atoms with E-state index in [0.717, 1.165) is 31.7 Å². The van der Waals surface area contributed by atoms with Crippen molar-refractivity contribution >= 4 is 11.7 Å². The van der Waals surface area contributed by atoms with E-state index in [1.54, 1.807) is 18.3 Å². The van der Waals surface area contributed by atoms with E-state index in [1.165, 1.54) is 0 Å². The molecule has 0 saturated carbocycles. The molecule has 5 heteroatoms. The van der Waals surface area contributed by atoms with Crippen molar-refractivity contribution in [2.45, 2.75) is 12.8 Å². The summed E-state index contributed by atoms with van der Waals surface area (Å²) in [7, 11) is 0. The van der Waals surface area contributed by atoms with Crippen LogP contribution < -0.4 is 10.2 Å². The van der Waals surface area contributed by atoms with E-state index in [1.807, 2.05) is 30.3 Å². The molecule has 0 bridgehead atoms. The smallest absolute Gasteiger partial charge is 0.251 e. The van der Waals surface area contributed by atoms with Crippen LogP contribution >= 0.6 is 0 Å². The van der Waals surface area contributed by atoms with Gasteiger partial charge in [-0.2, -0.15) is 5.26 Å². The third-order valence-corrected chi connectivity index (χ3v) is 4.41. The zero-order valence-electron chi connectivity index (χ0n) is 13.5. The lowest BCUT2D eigenvalue weighted by molar-refractivity contribution is 0.0945. The van der Waals surface area contributed by atoms with Crippen LogP contribution in [0.15, 0.2) is 48.7 Å². The summed E-state index contributed by atoms with van der Waals surface area (Å²) in [4.78, 5) is 18.6. The van der Waals surface area contributed by atoms with Crippen LogP contribution in [0.25, 0.3) is 0 Å². The lowest BCUT2D eigenvalue weighted by Crippen LogP contribution is -2.39. The van der Waals surface area contributed by atoms with Crippen LogP contribution in [0.2, 0.25) is 0 Å². The Labute approximate surface area is 141 Å². The highest BCUT2D eigenvalue weighted by molar-refractivity contribution is 5.94. The Kier molecular flexibility index (Phi) is 5.07. The molecule has 1 aliphatic rings. The number of hydrogen-bond donors (Lipinski definition) is 1. The quantitative estimate of drug-likeness (QED) is 0.940. The predicted octanol–water partition coefficient (Wildman–Crippen LogP) is 2.60. The molecule has 0 atom stereocenters. The molecule has 1 N–H and O–H groups in total. The van der Waals surface area contributed by atoms with Crippen molar-refractivity contribution in [1.82, 2.24) is 10.3 Å². The third kappa shape index (κ3) is 3.72. The van der Waals surface area contributed by atoms with Crippen LogP contribution in [0.1, 0.15) is 28.8 Å². The van der Waals surface area contributed by atoms with Crippen molar-refractivity contribution < 1.29 is 4.79 Å². The van der Waals surface area contributed by atoms with Crippen LogP contribution in [0.5, 0.6) is 0 Å². The summed E-state index contributed by atoms with van der Waals surface area (Å²) in [6.45, 7) is 2.41. The van der Waals surface area contributed by atoms with Gasteiger partial charge in [0.25, 0.3) is 5.91 Å². The van der Waals surface area contributed by atoms with Crippen molar-refractivity contribution in [1.29, 1.82) is 5.26 Å². The van der Waals surface area contributed by atoms with Crippen molar-refractivity contribution in [3.63, 3.8) is 0 Å². The molecule has 122 valence electrons. The Balaban J connectivity index is 1.51. The molecule has 3 rings (SSSR count). The number of nitriles is 1. The molecule has 1 fully saturated rings. The SMILES string of the molecule is N#Cc1cccnc1N1CCC(CNC(=O)c2ccccc2)CC1. The molecule has 0 radical (unpaired) electrons. The molecular weight excluding hydrogens is 300 g/mol. The zero-order valence-corrected chi connectivity index (χ0v) is 13.5. The van der Waals surface area contributed by atoms with Crippen molar-refractivity contribution in [2.75, 3.05) is 24.5 Å². The molecule has 2 heterocycles. The van der Waals surface area contributed by atoms with E-state index in [2.05, 4.69) is 21.3 Å². The number of amides is 1. The van der Waals surface area contributed by atoms with E-state index < -0.39 is 0 Å². The number of rotatable bonds is 4. The number of nitrogens with one attached hydrogen (secondary N) is 1. The van der Waals surface area contributed by atoms with Crippen LogP contribution in [0.3, 0.4) is 0 Å². The Hall–Kier alpha value is -2.87. The summed E-state index contributed by atoms with van der Waals surface area (Å²) in [6.07, 6.45) is 3.69. The molecule has 0 unspecified atom stereocenters. The van der Waals surface area contributed by atoms with Crippen LogP contribution in [0, 0.1) is 17.2 Å². The third-order valence-electron chi connectivity index (χ3n) is 4.41. The minimum Gasteiger partial charge on any atom is -0.356 e. The normalized spacial score (nSPS) is 14.9. The average Bonchev–Trinajstić information content (AvgIpc) is 2.67. The van der Waals surface area contributed by atoms with E-state index in [9.17, 15) is 10.1 Å². The van der Waals surface area contributed by atoms with Gasteiger partial charge in [0, 0.05) is 31.4 Å². The maximum absolute atomic E-state index is 12.1. The standard InChI is InChI=1S/C19H20N4O/c20-13-17-7-4-10-21-18(17)23-11-8-15(9-12-23)14-22-19(24)16-5-2-1-3-6-16/h1-7,10,15H,8-9,11-12,14H2,(H,22,24). The Bertz CT molecular complexity index is 731. The van der Waals surface area contributed by atoms with Crippen molar-refractivity contribution in [3.8, 4) is 6.07 Å². The van der Waals surface area contributed by atoms with E-state index in [0.29, 0.717) is 23.6 Å². The predicted molar refractivity (Wildman–Crippen MR) is 92.7 cm³/mol. The van der Waals surface area contributed by atoms with Gasteiger partial charge in [-0.05, 0) is 43.0 Å². The largest absolute Gasteiger partial charge is 0.356 e. The summed E-state index contributed by atoms with van der Waals surface area (Å²) in [5.74, 6) is 1.21. The molecule has 0 spiro atoms. The molecule has 1 aromatic heterocycles. The molecule has 24 heavy (non-hydrogen) atoms. The number of anilines is 1. The fourth-order valence-corrected chi connectivity index (χ4v) is 3.01. The van der Waals surface area contributed by atoms with Gasteiger partial charge in [-0.1, -0.05) is 18.2 Å². The van der Waals surface area contributed by atoms with Gasteiger partial charge in [0.15, 0.2) is 0 Å². The summed E-state index contributed by atoms with van der Waals surface area (Å²) < 4.78 is 0. The number of aromatic nitrogens is 1. The lowest BCUT2D eigenvalue weighted by atomic mass is 9.96. The number of pyridine rings is 1. The summed E-state index contributed by atoms with van der Waals surface area (Å²) in [5.41, 5.74) is 1.32. The maximum Gasteiger partial charge on any atom is 0.251 e. The minimum absolute atomic E-state index is 0.0190. The highest BCUT2D eigenvalue weighted by atomic mass is 16.1. The maximum atomic E-state index is 12.1. The van der Waals surface area contributed by atoms with Crippen LogP contribution in [-0.2, 0) is 0 Å². The molecular formula is C19H20N4O. The average molecular weight is 320 g/mol. The fourth-order valence-electron chi connectivity index (χ4n) is 3.01. The Morgan fingerprint density at radius 2 is 1.96 bits per heavy atom. The Morgan fingerprint density at radius 3 is 2.67 bits per heavy atom. The summed E-state index contributed by atoms with van der Waals surface area (Å²) in [6, 6.07) is 15.1. The van der Waals surface area contributed by atoms with E-state index >= 15 is 0 Å². The van der Waals surface area contributed by atoms with Crippen molar-refractivity contribution in [2.24, 2.45) is 5.92 Å². The Morgan fingerprint density at radius 1 is 1.21 bits per heavy atom. The van der Waals surface area contributed by atoms with Crippen molar-refractivity contribution in [3.05, 3.63) is 59.8 Å². The summed E-state index contributed by atoms with van der Waals surface area (Å²) in [5, 5.41) is 12.2.